The van der Waals surface area contributed by atoms with Gasteiger partial charge in [-0.3, -0.25) is 0 Å². The van der Waals surface area contributed by atoms with Crippen LogP contribution in [0.1, 0.15) is 180 Å². The van der Waals surface area contributed by atoms with Gasteiger partial charge in [-0.05, 0) is 31.8 Å². The summed E-state index contributed by atoms with van der Waals surface area (Å²) >= 11 is 0. The Hall–Kier alpha value is -0.0400. The average Bonchev–Trinajstić information content (AvgIpc) is 2.84. The molecular formula is C32H64N. The number of rotatable bonds is 26. The van der Waals surface area contributed by atoms with Gasteiger partial charge in [0, 0.05) is 0 Å². The van der Waals surface area contributed by atoms with Crippen LogP contribution in [0.15, 0.2) is 0 Å². The van der Waals surface area contributed by atoms with Gasteiger partial charge in [0.05, 0.1) is 0 Å². The van der Waals surface area contributed by atoms with Crippen LogP contribution in [0.4, 0.5) is 0 Å². The fraction of sp³-hybridized carbons (Fsp3) is 0.969. The van der Waals surface area contributed by atoms with Crippen molar-refractivity contribution in [1.29, 1.82) is 0 Å². The summed E-state index contributed by atoms with van der Waals surface area (Å²) in [4.78, 5) is 0. The molecule has 197 valence electrons. The summed E-state index contributed by atoms with van der Waals surface area (Å²) in [6, 6.07) is 0. The van der Waals surface area contributed by atoms with Crippen molar-refractivity contribution in [3.63, 3.8) is 0 Å². The lowest BCUT2D eigenvalue weighted by atomic mass is 9.92. The van der Waals surface area contributed by atoms with E-state index in [1.165, 1.54) is 186 Å². The molecule has 1 N–H and O–H groups in total. The van der Waals surface area contributed by atoms with Crippen LogP contribution in [0.25, 0.3) is 0 Å². The summed E-state index contributed by atoms with van der Waals surface area (Å²) in [5.41, 5.74) is 0. The van der Waals surface area contributed by atoms with Gasteiger partial charge in [-0.2, -0.15) is 0 Å². The van der Waals surface area contributed by atoms with Crippen molar-refractivity contribution in [2.24, 2.45) is 5.92 Å². The van der Waals surface area contributed by atoms with Crippen LogP contribution in [-0.2, 0) is 0 Å². The lowest BCUT2D eigenvalue weighted by molar-refractivity contribution is 0.342. The van der Waals surface area contributed by atoms with Crippen molar-refractivity contribution < 1.29 is 0 Å². The summed E-state index contributed by atoms with van der Waals surface area (Å²) in [6.07, 6.45) is 40.9. The molecule has 1 aliphatic heterocycles. The first-order chi connectivity index (χ1) is 16.4. The normalized spacial score (nSPS) is 14.8. The van der Waals surface area contributed by atoms with E-state index in [2.05, 4.69) is 12.2 Å². The summed E-state index contributed by atoms with van der Waals surface area (Å²) in [5, 5.41) is 3.48. The Kier molecular flexibility index (Phi) is 24.9. The van der Waals surface area contributed by atoms with Gasteiger partial charge in [0.25, 0.3) is 0 Å². The van der Waals surface area contributed by atoms with E-state index in [1.807, 2.05) is 0 Å². The number of piperidine rings is 1. The Morgan fingerprint density at radius 1 is 0.394 bits per heavy atom. The summed E-state index contributed by atoms with van der Waals surface area (Å²) in [5.74, 6) is 1.04. The van der Waals surface area contributed by atoms with Gasteiger partial charge in [-0.25, -0.2) is 0 Å². The molecule has 0 spiro atoms. The van der Waals surface area contributed by atoms with Crippen molar-refractivity contribution in [1.82, 2.24) is 5.32 Å². The highest BCUT2D eigenvalue weighted by Gasteiger charge is 2.11. The Labute approximate surface area is 211 Å². The van der Waals surface area contributed by atoms with Crippen LogP contribution >= 0.6 is 0 Å². The van der Waals surface area contributed by atoms with Crippen LogP contribution in [0, 0.1) is 12.8 Å². The van der Waals surface area contributed by atoms with Gasteiger partial charge >= 0.3 is 0 Å². The highest BCUT2D eigenvalue weighted by Crippen LogP contribution is 2.20. The van der Waals surface area contributed by atoms with E-state index in [0.717, 1.165) is 12.3 Å². The fourth-order valence-electron chi connectivity index (χ4n) is 5.67. The maximum atomic E-state index is 3.92. The maximum Gasteiger partial charge on any atom is -0.00463 e. The summed E-state index contributed by atoms with van der Waals surface area (Å²) in [6.45, 7) is 6.46. The predicted octanol–water partition coefficient (Wildman–Crippen LogP) is 11.0. The van der Waals surface area contributed by atoms with Crippen molar-refractivity contribution in [2.75, 3.05) is 13.1 Å². The zero-order valence-corrected chi connectivity index (χ0v) is 23.0. The number of hydrogen-bond acceptors (Lipinski definition) is 1. The van der Waals surface area contributed by atoms with Crippen LogP contribution in [0.2, 0.25) is 0 Å². The first-order valence-corrected chi connectivity index (χ1v) is 15.9. The van der Waals surface area contributed by atoms with E-state index in [-0.39, 0.29) is 0 Å². The molecule has 1 heteroatoms. The standard InChI is InChI=1S/C32H64N/c1-2-3-4-5-6-7-8-9-10-11-12-13-14-15-16-17-18-19-20-21-22-23-24-25-26-27-32-28-30-33-31-29-32/h32-33H,1-31H2. The number of hydrogen-bond donors (Lipinski definition) is 1. The van der Waals surface area contributed by atoms with Crippen molar-refractivity contribution in [3.8, 4) is 0 Å². The molecule has 0 aromatic rings. The molecule has 0 atom stereocenters. The van der Waals surface area contributed by atoms with Crippen LogP contribution in [0.3, 0.4) is 0 Å². The SMILES string of the molecule is [CH2]CCCCCCCCCCCCCCCCCCCCCCCCCCC1CCNCC1. The molecule has 1 radical (unpaired) electrons. The third-order valence-corrected chi connectivity index (χ3v) is 8.07. The maximum absolute atomic E-state index is 3.92. The number of nitrogens with one attached hydrogen (secondary N) is 1. The first kappa shape index (κ1) is 31.0. The molecule has 1 fully saturated rings. The van der Waals surface area contributed by atoms with Crippen molar-refractivity contribution in [3.05, 3.63) is 6.92 Å². The molecule has 0 saturated carbocycles. The molecule has 1 rings (SSSR count). The second-order valence-corrected chi connectivity index (χ2v) is 11.3. The summed E-state index contributed by atoms with van der Waals surface area (Å²) < 4.78 is 0. The second kappa shape index (κ2) is 26.6. The quantitative estimate of drug-likeness (QED) is 0.126. The first-order valence-electron chi connectivity index (χ1n) is 15.9. The zero-order valence-electron chi connectivity index (χ0n) is 23.0. The predicted molar refractivity (Wildman–Crippen MR) is 151 cm³/mol. The van der Waals surface area contributed by atoms with E-state index < -0.39 is 0 Å². The van der Waals surface area contributed by atoms with Gasteiger partial charge in [-0.15, -0.1) is 0 Å². The van der Waals surface area contributed by atoms with Gasteiger partial charge in [0.15, 0.2) is 0 Å². The molecular weight excluding hydrogens is 398 g/mol. The topological polar surface area (TPSA) is 12.0 Å². The Bertz CT molecular complexity index is 346. The molecule has 1 aliphatic rings. The van der Waals surface area contributed by atoms with E-state index >= 15 is 0 Å². The minimum Gasteiger partial charge on any atom is -0.317 e. The van der Waals surface area contributed by atoms with Gasteiger partial charge in [-0.1, -0.05) is 174 Å². The lowest BCUT2D eigenvalue weighted by Gasteiger charge is -2.22. The molecule has 0 aliphatic carbocycles. The largest absolute Gasteiger partial charge is 0.317 e. The molecule has 0 unspecified atom stereocenters. The van der Waals surface area contributed by atoms with Crippen molar-refractivity contribution in [2.45, 2.75) is 180 Å². The Balaban J connectivity index is 1.62. The van der Waals surface area contributed by atoms with Crippen LogP contribution in [0.5, 0.6) is 0 Å². The number of unbranched alkanes of at least 4 members (excludes halogenated alkanes) is 24. The lowest BCUT2D eigenvalue weighted by Crippen LogP contribution is -2.27. The highest BCUT2D eigenvalue weighted by atomic mass is 14.9. The molecule has 1 heterocycles. The molecule has 1 nitrogen and oxygen atoms in total. The molecule has 0 aromatic carbocycles. The van der Waals surface area contributed by atoms with Gasteiger partial charge in [0.2, 0.25) is 0 Å². The Morgan fingerprint density at radius 3 is 0.970 bits per heavy atom. The third-order valence-electron chi connectivity index (χ3n) is 8.07. The minimum atomic E-state index is 1.04. The molecule has 0 aromatic heterocycles. The molecule has 33 heavy (non-hydrogen) atoms. The third kappa shape index (κ3) is 23.5. The van der Waals surface area contributed by atoms with E-state index in [9.17, 15) is 0 Å². The van der Waals surface area contributed by atoms with Crippen molar-refractivity contribution >= 4 is 0 Å². The zero-order chi connectivity index (χ0) is 23.5. The monoisotopic (exact) mass is 463 g/mol. The average molecular weight is 463 g/mol. The van der Waals surface area contributed by atoms with E-state index in [0.29, 0.717) is 0 Å². The Morgan fingerprint density at radius 2 is 0.667 bits per heavy atom. The minimum absolute atomic E-state index is 1.04. The van der Waals surface area contributed by atoms with Crippen LogP contribution < -0.4 is 5.32 Å². The van der Waals surface area contributed by atoms with E-state index in [1.54, 1.807) is 0 Å². The smallest absolute Gasteiger partial charge is 0.00463 e. The summed E-state index contributed by atoms with van der Waals surface area (Å²) in [7, 11) is 0. The van der Waals surface area contributed by atoms with E-state index in [4.69, 9.17) is 0 Å². The molecule has 1 saturated heterocycles. The fourth-order valence-corrected chi connectivity index (χ4v) is 5.67. The van der Waals surface area contributed by atoms with Gasteiger partial charge < -0.3 is 5.32 Å². The molecule has 0 amide bonds. The second-order valence-electron chi connectivity index (χ2n) is 11.3. The van der Waals surface area contributed by atoms with Gasteiger partial charge in [0.1, 0.15) is 0 Å². The van der Waals surface area contributed by atoms with Crippen LogP contribution in [-0.4, -0.2) is 13.1 Å². The molecule has 0 bridgehead atoms. The highest BCUT2D eigenvalue weighted by molar-refractivity contribution is 4.68.